The average molecular weight is 396 g/mol. The lowest BCUT2D eigenvalue weighted by Gasteiger charge is -2.35. The summed E-state index contributed by atoms with van der Waals surface area (Å²) in [6.45, 7) is 4.58. The van der Waals surface area contributed by atoms with Gasteiger partial charge in [0.05, 0.1) is 7.11 Å². The van der Waals surface area contributed by atoms with E-state index in [4.69, 9.17) is 16.3 Å². The molecule has 2 rings (SSSR count). The van der Waals surface area contributed by atoms with Crippen molar-refractivity contribution >= 4 is 23.5 Å². The molecule has 1 atom stereocenters. The summed E-state index contributed by atoms with van der Waals surface area (Å²) in [6.07, 6.45) is 6.42. The Hall–Kier alpha value is -1.75. The molecule has 27 heavy (non-hydrogen) atoms. The fourth-order valence-electron chi connectivity index (χ4n) is 3.69. The number of nitrogens with zero attached hydrogens (tertiary/aromatic N) is 1. The minimum atomic E-state index is -0.443. The molecule has 1 aliphatic rings. The number of carbonyl (C=O) groups excluding carboxylic acids is 2. The van der Waals surface area contributed by atoms with Crippen LogP contribution in [0.4, 0.5) is 0 Å². The molecule has 0 spiro atoms. The predicted octanol–water partition coefficient (Wildman–Crippen LogP) is 4.25. The van der Waals surface area contributed by atoms with Crippen molar-refractivity contribution in [2.75, 3.05) is 20.3 Å². The zero-order valence-electron chi connectivity index (χ0n) is 16.5. The summed E-state index contributed by atoms with van der Waals surface area (Å²) in [5, 5.41) is 0.598. The number of carbonyl (C=O) groups is 2. The second-order valence-electron chi connectivity index (χ2n) is 7.14. The zero-order chi connectivity index (χ0) is 19.8. The molecule has 6 heteroatoms. The maximum Gasteiger partial charge on any atom is 0.343 e. The summed E-state index contributed by atoms with van der Waals surface area (Å²) in [5.41, 5.74) is 0.847. The van der Waals surface area contributed by atoms with E-state index in [0.717, 1.165) is 24.9 Å². The molecular formula is C21H30ClNO4. The summed E-state index contributed by atoms with van der Waals surface area (Å²) in [5.74, 6) is 0.113. The van der Waals surface area contributed by atoms with Crippen molar-refractivity contribution in [2.45, 2.75) is 58.4 Å². The highest BCUT2D eigenvalue weighted by Gasteiger charge is 2.27. The van der Waals surface area contributed by atoms with Gasteiger partial charge in [-0.3, -0.25) is 4.79 Å². The number of methoxy groups -OCH3 is 1. The number of esters is 1. The normalized spacial score (nSPS) is 15.9. The van der Waals surface area contributed by atoms with Crippen LogP contribution in [0, 0.1) is 5.92 Å². The Morgan fingerprint density at radius 2 is 1.96 bits per heavy atom. The largest absolute Gasteiger partial charge is 0.482 e. The van der Waals surface area contributed by atoms with Gasteiger partial charge < -0.3 is 14.4 Å². The second-order valence-corrected chi connectivity index (χ2v) is 7.55. The molecule has 150 valence electrons. The Labute approximate surface area is 167 Å². The molecule has 0 aliphatic heterocycles. The van der Waals surface area contributed by atoms with E-state index in [1.807, 2.05) is 18.7 Å². The number of halogens is 1. The first kappa shape index (κ1) is 21.5. The van der Waals surface area contributed by atoms with Crippen molar-refractivity contribution in [3.8, 4) is 5.75 Å². The first-order chi connectivity index (χ1) is 13.0. The van der Waals surface area contributed by atoms with Crippen LogP contribution in [0.2, 0.25) is 5.02 Å². The minimum absolute atomic E-state index is 0.155. The highest BCUT2D eigenvalue weighted by Crippen LogP contribution is 2.27. The smallest absolute Gasteiger partial charge is 0.343 e. The van der Waals surface area contributed by atoms with E-state index in [0.29, 0.717) is 23.2 Å². The summed E-state index contributed by atoms with van der Waals surface area (Å²) >= 11 is 6.33. The first-order valence-corrected chi connectivity index (χ1v) is 10.1. The van der Waals surface area contributed by atoms with Crippen LogP contribution in [-0.2, 0) is 20.7 Å². The quantitative estimate of drug-likeness (QED) is 0.617. The van der Waals surface area contributed by atoms with Crippen LogP contribution in [0.25, 0.3) is 0 Å². The third kappa shape index (κ3) is 6.13. The van der Waals surface area contributed by atoms with Gasteiger partial charge in [-0.25, -0.2) is 4.79 Å². The standard InChI is InChI=1S/C21H30ClNO4/c1-4-23(17-8-6-5-7-9-17)21(25)15(2)12-16-13-18(10-11-19(16)22)27-14-20(24)26-3/h10-11,13,15,17H,4-9,12,14H2,1-3H3. The van der Waals surface area contributed by atoms with Crippen molar-refractivity contribution in [1.82, 2.24) is 4.90 Å². The van der Waals surface area contributed by atoms with Crippen LogP contribution in [0.5, 0.6) is 5.75 Å². The lowest BCUT2D eigenvalue weighted by Crippen LogP contribution is -2.44. The molecule has 5 nitrogen and oxygen atoms in total. The molecule has 0 saturated heterocycles. The minimum Gasteiger partial charge on any atom is -0.482 e. The molecule has 1 fully saturated rings. The second kappa shape index (κ2) is 10.5. The van der Waals surface area contributed by atoms with Gasteiger partial charge in [-0.15, -0.1) is 0 Å². The number of hydrogen-bond acceptors (Lipinski definition) is 4. The molecular weight excluding hydrogens is 366 g/mol. The first-order valence-electron chi connectivity index (χ1n) is 9.74. The molecule has 1 aromatic carbocycles. The Morgan fingerprint density at radius 1 is 1.26 bits per heavy atom. The van der Waals surface area contributed by atoms with Gasteiger partial charge in [-0.1, -0.05) is 37.8 Å². The molecule has 1 amide bonds. The fraction of sp³-hybridized carbons (Fsp3) is 0.619. The molecule has 1 aromatic rings. The Bertz CT molecular complexity index is 643. The summed E-state index contributed by atoms with van der Waals surface area (Å²) in [7, 11) is 1.32. The maximum absolute atomic E-state index is 13.0. The lowest BCUT2D eigenvalue weighted by atomic mass is 9.92. The number of benzene rings is 1. The van der Waals surface area contributed by atoms with E-state index in [2.05, 4.69) is 4.74 Å². The van der Waals surface area contributed by atoms with E-state index < -0.39 is 5.97 Å². The van der Waals surface area contributed by atoms with Crippen molar-refractivity contribution in [1.29, 1.82) is 0 Å². The van der Waals surface area contributed by atoms with Crippen molar-refractivity contribution in [2.24, 2.45) is 5.92 Å². The van der Waals surface area contributed by atoms with Crippen molar-refractivity contribution in [3.05, 3.63) is 28.8 Å². The number of ether oxygens (including phenoxy) is 2. The summed E-state index contributed by atoms with van der Waals surface area (Å²) < 4.78 is 10.0. The van der Waals surface area contributed by atoms with Crippen molar-refractivity contribution < 1.29 is 19.1 Å². The Morgan fingerprint density at radius 3 is 2.59 bits per heavy atom. The molecule has 0 aromatic heterocycles. The third-order valence-corrected chi connectivity index (χ3v) is 5.56. The maximum atomic E-state index is 13.0. The van der Waals surface area contributed by atoms with Gasteiger partial charge >= 0.3 is 5.97 Å². The van der Waals surface area contributed by atoms with Crippen LogP contribution < -0.4 is 4.74 Å². The molecule has 1 saturated carbocycles. The zero-order valence-corrected chi connectivity index (χ0v) is 17.3. The van der Waals surface area contributed by atoms with E-state index in [-0.39, 0.29) is 18.4 Å². The van der Waals surface area contributed by atoms with Gasteiger partial charge in [0.25, 0.3) is 0 Å². The topological polar surface area (TPSA) is 55.8 Å². The molecule has 0 N–H and O–H groups in total. The summed E-state index contributed by atoms with van der Waals surface area (Å²) in [6, 6.07) is 5.61. The third-order valence-electron chi connectivity index (χ3n) is 5.19. The molecule has 1 unspecified atom stereocenters. The number of hydrogen-bond donors (Lipinski definition) is 0. The number of rotatable bonds is 8. The predicted molar refractivity (Wildman–Crippen MR) is 106 cm³/mol. The monoisotopic (exact) mass is 395 g/mol. The van der Waals surface area contributed by atoms with Gasteiger partial charge in [0.1, 0.15) is 5.75 Å². The van der Waals surface area contributed by atoms with Gasteiger partial charge in [0, 0.05) is 23.5 Å². The van der Waals surface area contributed by atoms with Crippen LogP contribution >= 0.6 is 11.6 Å². The Balaban J connectivity index is 2.03. The van der Waals surface area contributed by atoms with Crippen LogP contribution in [0.1, 0.15) is 51.5 Å². The lowest BCUT2D eigenvalue weighted by molar-refractivity contribution is -0.143. The van der Waals surface area contributed by atoms with Crippen LogP contribution in [-0.4, -0.2) is 43.1 Å². The molecule has 1 aliphatic carbocycles. The molecule has 0 radical (unpaired) electrons. The molecule has 0 heterocycles. The van der Waals surface area contributed by atoms with E-state index >= 15 is 0 Å². The van der Waals surface area contributed by atoms with Crippen molar-refractivity contribution in [3.63, 3.8) is 0 Å². The highest BCUT2D eigenvalue weighted by molar-refractivity contribution is 6.31. The van der Waals surface area contributed by atoms with Gasteiger partial charge in [0.2, 0.25) is 5.91 Å². The van der Waals surface area contributed by atoms with Gasteiger partial charge in [-0.05, 0) is 49.9 Å². The van der Waals surface area contributed by atoms with Crippen LogP contribution in [0.3, 0.4) is 0 Å². The van der Waals surface area contributed by atoms with Gasteiger partial charge in [-0.2, -0.15) is 0 Å². The molecule has 0 bridgehead atoms. The summed E-state index contributed by atoms with van der Waals surface area (Å²) in [4.78, 5) is 26.3. The Kier molecular flexibility index (Phi) is 8.42. The number of amides is 1. The van der Waals surface area contributed by atoms with Crippen LogP contribution in [0.15, 0.2) is 18.2 Å². The van der Waals surface area contributed by atoms with E-state index in [1.165, 1.54) is 26.4 Å². The SMILES string of the molecule is CCN(C(=O)C(C)Cc1cc(OCC(=O)OC)ccc1Cl)C1CCCCC1. The van der Waals surface area contributed by atoms with Gasteiger partial charge in [0.15, 0.2) is 6.61 Å². The fourth-order valence-corrected chi connectivity index (χ4v) is 3.88. The van der Waals surface area contributed by atoms with E-state index in [1.54, 1.807) is 18.2 Å². The highest BCUT2D eigenvalue weighted by atomic mass is 35.5. The average Bonchev–Trinajstić information content (AvgIpc) is 2.69. The van der Waals surface area contributed by atoms with E-state index in [9.17, 15) is 9.59 Å².